The molecule has 0 amide bonds. The molecule has 212 valence electrons. The summed E-state index contributed by atoms with van der Waals surface area (Å²) in [4.78, 5) is 21.5. The van der Waals surface area contributed by atoms with E-state index in [0.29, 0.717) is 39.4 Å². The Morgan fingerprint density at radius 1 is 1.05 bits per heavy atom. The SMILES string of the molecule is COC(=O)c1ccc(Br)c2nc(C34CCC(OCc5c(-c6c(Cl)cncc6Cl)noc5C5CC5)(CC3)CC4)ccc12. The van der Waals surface area contributed by atoms with Gasteiger partial charge in [-0.2, -0.15) is 0 Å². The Bertz CT molecular complexity index is 1640. The molecule has 4 aromatic rings. The molecule has 3 heterocycles. The van der Waals surface area contributed by atoms with Crippen LogP contribution in [0.1, 0.15) is 84.7 Å². The maximum Gasteiger partial charge on any atom is 0.338 e. The molecule has 4 aliphatic carbocycles. The molecule has 0 saturated heterocycles. The van der Waals surface area contributed by atoms with Gasteiger partial charge in [-0.05, 0) is 85.5 Å². The molecule has 4 saturated carbocycles. The fourth-order valence-electron chi connectivity index (χ4n) is 6.71. The highest BCUT2D eigenvalue weighted by Gasteiger charge is 2.51. The molecule has 41 heavy (non-hydrogen) atoms. The van der Waals surface area contributed by atoms with Crippen molar-refractivity contribution in [3.8, 4) is 11.3 Å². The molecule has 0 spiro atoms. The Morgan fingerprint density at radius 3 is 2.41 bits per heavy atom. The number of carbonyl (C=O) groups is 1. The standard InChI is InChI=1S/C31H28BrCl2N3O4/c1-39-29(38)19-4-6-21(32)26-18(19)5-7-24(36-26)30-8-11-31(12-9-30,13-10-30)40-16-20-27(37-41-28(20)17-2-3-17)25-22(33)14-35-15-23(25)34/h4-7,14-15,17H,2-3,8-13,16H2,1H3. The van der Waals surface area contributed by atoms with E-state index in [1.807, 2.05) is 12.1 Å². The van der Waals surface area contributed by atoms with Crippen LogP contribution < -0.4 is 0 Å². The van der Waals surface area contributed by atoms with E-state index in [9.17, 15) is 4.79 Å². The summed E-state index contributed by atoms with van der Waals surface area (Å²) < 4.78 is 18.5. The maximum atomic E-state index is 12.3. The van der Waals surface area contributed by atoms with Crippen LogP contribution in [0.2, 0.25) is 10.0 Å². The summed E-state index contributed by atoms with van der Waals surface area (Å²) >= 11 is 16.6. The molecule has 0 radical (unpaired) electrons. The second kappa shape index (κ2) is 10.3. The van der Waals surface area contributed by atoms with Crippen LogP contribution in [0.3, 0.4) is 0 Å². The molecule has 4 fully saturated rings. The van der Waals surface area contributed by atoms with Gasteiger partial charge < -0.3 is 14.0 Å². The first-order valence-electron chi connectivity index (χ1n) is 13.9. The number of nitrogens with zero attached hydrogens (tertiary/aromatic N) is 3. The second-order valence-electron chi connectivity index (χ2n) is 11.6. The highest BCUT2D eigenvalue weighted by molar-refractivity contribution is 9.10. The molecule has 7 nitrogen and oxygen atoms in total. The first-order valence-corrected chi connectivity index (χ1v) is 15.5. The first-order chi connectivity index (χ1) is 19.8. The molecular formula is C31H28BrCl2N3O4. The largest absolute Gasteiger partial charge is 0.465 e. The molecule has 0 aliphatic heterocycles. The zero-order valence-electron chi connectivity index (χ0n) is 22.5. The predicted molar refractivity (Wildman–Crippen MR) is 159 cm³/mol. The number of methoxy groups -OCH3 is 1. The summed E-state index contributed by atoms with van der Waals surface area (Å²) in [6.07, 6.45) is 11.2. The molecule has 4 aliphatic rings. The van der Waals surface area contributed by atoms with E-state index in [1.54, 1.807) is 18.5 Å². The fraction of sp³-hybridized carbons (Fsp3) is 0.419. The van der Waals surface area contributed by atoms with Crippen molar-refractivity contribution in [3.63, 3.8) is 0 Å². The molecule has 8 rings (SSSR count). The minimum Gasteiger partial charge on any atom is -0.465 e. The van der Waals surface area contributed by atoms with Crippen molar-refractivity contribution in [2.45, 2.75) is 74.9 Å². The lowest BCUT2D eigenvalue weighted by Gasteiger charge is -2.53. The maximum absolute atomic E-state index is 12.3. The van der Waals surface area contributed by atoms with Gasteiger partial charge in [0.15, 0.2) is 0 Å². The van der Waals surface area contributed by atoms with Crippen LogP contribution in [0.4, 0.5) is 0 Å². The van der Waals surface area contributed by atoms with Crippen molar-refractivity contribution in [1.82, 2.24) is 15.1 Å². The lowest BCUT2D eigenvalue weighted by Crippen LogP contribution is -2.50. The van der Waals surface area contributed by atoms with Crippen molar-refractivity contribution < 1.29 is 18.8 Å². The lowest BCUT2D eigenvalue weighted by atomic mass is 9.57. The highest BCUT2D eigenvalue weighted by atomic mass is 79.9. The summed E-state index contributed by atoms with van der Waals surface area (Å²) in [7, 11) is 1.40. The minimum absolute atomic E-state index is 0.000369. The Morgan fingerprint density at radius 2 is 1.76 bits per heavy atom. The van der Waals surface area contributed by atoms with Crippen LogP contribution in [-0.4, -0.2) is 33.8 Å². The molecule has 0 unspecified atom stereocenters. The first kappa shape index (κ1) is 27.3. The number of carbonyl (C=O) groups excluding carboxylic acids is 1. The van der Waals surface area contributed by atoms with Crippen LogP contribution in [0.15, 0.2) is 45.7 Å². The average molecular weight is 657 g/mol. The third-order valence-electron chi connectivity index (χ3n) is 9.31. The van der Waals surface area contributed by atoms with Gasteiger partial charge >= 0.3 is 5.97 Å². The monoisotopic (exact) mass is 655 g/mol. The summed E-state index contributed by atoms with van der Waals surface area (Å²) in [6.45, 7) is 0.407. The van der Waals surface area contributed by atoms with Crippen molar-refractivity contribution in [2.75, 3.05) is 7.11 Å². The van der Waals surface area contributed by atoms with Crippen LogP contribution in [-0.2, 0) is 21.5 Å². The van der Waals surface area contributed by atoms with Crippen molar-refractivity contribution in [2.24, 2.45) is 0 Å². The third kappa shape index (κ3) is 4.67. The molecule has 3 aromatic heterocycles. The van der Waals surface area contributed by atoms with E-state index in [4.69, 9.17) is 42.2 Å². The fourth-order valence-corrected chi connectivity index (χ4v) is 7.68. The zero-order chi connectivity index (χ0) is 28.4. The van der Waals surface area contributed by atoms with E-state index in [0.717, 1.165) is 83.8 Å². The Kier molecular flexibility index (Phi) is 6.89. The number of hydrogen-bond donors (Lipinski definition) is 0. The Labute approximate surface area is 256 Å². The van der Waals surface area contributed by atoms with E-state index in [-0.39, 0.29) is 17.0 Å². The summed E-state index contributed by atoms with van der Waals surface area (Å²) in [5, 5.41) is 6.09. The van der Waals surface area contributed by atoms with Gasteiger partial charge in [-0.15, -0.1) is 0 Å². The number of ether oxygens (including phenoxy) is 2. The van der Waals surface area contributed by atoms with Crippen LogP contribution in [0, 0.1) is 0 Å². The third-order valence-corrected chi connectivity index (χ3v) is 10.5. The summed E-state index contributed by atoms with van der Waals surface area (Å²) in [5.41, 5.74) is 4.44. The second-order valence-corrected chi connectivity index (χ2v) is 13.2. The van der Waals surface area contributed by atoms with Crippen molar-refractivity contribution >= 4 is 56.0 Å². The minimum atomic E-state index is -0.359. The smallest absolute Gasteiger partial charge is 0.338 e. The molecule has 10 heteroatoms. The summed E-state index contributed by atoms with van der Waals surface area (Å²) in [6, 6.07) is 7.74. The van der Waals surface area contributed by atoms with Crippen molar-refractivity contribution in [3.05, 3.63) is 73.8 Å². The van der Waals surface area contributed by atoms with E-state index < -0.39 is 0 Å². The zero-order valence-corrected chi connectivity index (χ0v) is 25.6. The number of pyridine rings is 2. The normalized spacial score (nSPS) is 23.7. The lowest BCUT2D eigenvalue weighted by molar-refractivity contribution is -0.127. The molecule has 0 N–H and O–H groups in total. The van der Waals surface area contributed by atoms with Gasteiger partial charge in [0.25, 0.3) is 0 Å². The highest BCUT2D eigenvalue weighted by Crippen LogP contribution is 2.55. The molecule has 1 aromatic carbocycles. The number of fused-ring (bicyclic) bond motifs is 4. The quantitative estimate of drug-likeness (QED) is 0.184. The number of hydrogen-bond acceptors (Lipinski definition) is 7. The van der Waals surface area contributed by atoms with Crippen molar-refractivity contribution in [1.29, 1.82) is 0 Å². The van der Waals surface area contributed by atoms with Gasteiger partial charge in [0, 0.05) is 50.4 Å². The molecular weight excluding hydrogens is 629 g/mol. The van der Waals surface area contributed by atoms with E-state index >= 15 is 0 Å². The Balaban J connectivity index is 1.13. The topological polar surface area (TPSA) is 87.3 Å². The van der Waals surface area contributed by atoms with Crippen LogP contribution >= 0.6 is 39.1 Å². The number of halogens is 3. The molecule has 2 bridgehead atoms. The van der Waals surface area contributed by atoms with Gasteiger partial charge in [0.1, 0.15) is 11.5 Å². The summed E-state index contributed by atoms with van der Waals surface area (Å²) in [5.74, 6) is 0.899. The number of esters is 1. The predicted octanol–water partition coefficient (Wildman–Crippen LogP) is 8.58. The number of rotatable bonds is 7. The molecule has 0 atom stereocenters. The van der Waals surface area contributed by atoms with Gasteiger partial charge in [-0.3, -0.25) is 9.97 Å². The van der Waals surface area contributed by atoms with Crippen LogP contribution in [0.5, 0.6) is 0 Å². The van der Waals surface area contributed by atoms with Gasteiger partial charge in [0.05, 0.1) is 40.4 Å². The van der Waals surface area contributed by atoms with Gasteiger partial charge in [0.2, 0.25) is 0 Å². The van der Waals surface area contributed by atoms with Gasteiger partial charge in [-0.25, -0.2) is 4.79 Å². The average Bonchev–Trinajstić information content (AvgIpc) is 3.76. The van der Waals surface area contributed by atoms with Crippen LogP contribution in [0.25, 0.3) is 22.2 Å². The van der Waals surface area contributed by atoms with E-state index in [1.165, 1.54) is 7.11 Å². The number of benzene rings is 1. The number of aromatic nitrogens is 3. The van der Waals surface area contributed by atoms with E-state index in [2.05, 4.69) is 32.1 Å². The Hall–Kier alpha value is -2.52. The van der Waals surface area contributed by atoms with Gasteiger partial charge in [-0.1, -0.05) is 34.4 Å².